The lowest BCUT2D eigenvalue weighted by Gasteiger charge is -2.21. The van der Waals surface area contributed by atoms with Gasteiger partial charge in [0.05, 0.1) is 29.3 Å². The normalized spacial score (nSPS) is 10.8. The summed E-state index contributed by atoms with van der Waals surface area (Å²) in [6, 6.07) is 29.0. The van der Waals surface area contributed by atoms with Crippen LogP contribution in [0.3, 0.4) is 0 Å². The van der Waals surface area contributed by atoms with Gasteiger partial charge in [-0.25, -0.2) is 0 Å². The van der Waals surface area contributed by atoms with E-state index in [9.17, 15) is 4.79 Å². The molecule has 0 radical (unpaired) electrons. The second kappa shape index (κ2) is 11.8. The molecule has 0 saturated carbocycles. The number of hydrogen-bond donors (Lipinski definition) is 1. The van der Waals surface area contributed by atoms with Gasteiger partial charge in [-0.2, -0.15) is 0 Å². The topological polar surface area (TPSA) is 83.9 Å². The van der Waals surface area contributed by atoms with E-state index < -0.39 is 0 Å². The number of aromatic nitrogens is 4. The maximum absolute atomic E-state index is 13.3. The summed E-state index contributed by atoms with van der Waals surface area (Å²) in [6.07, 6.45) is 7.04. The van der Waals surface area contributed by atoms with Crippen molar-refractivity contribution >= 4 is 11.6 Å². The first-order chi connectivity index (χ1) is 18.2. The van der Waals surface area contributed by atoms with Gasteiger partial charge in [-0.15, -0.1) is 0 Å². The summed E-state index contributed by atoms with van der Waals surface area (Å²) in [5.41, 5.74) is 5.91. The van der Waals surface area contributed by atoms with Crippen LogP contribution in [-0.2, 0) is 17.9 Å². The molecule has 0 atom stereocenters. The van der Waals surface area contributed by atoms with Gasteiger partial charge < -0.3 is 5.32 Å². The van der Waals surface area contributed by atoms with Crippen LogP contribution in [0.5, 0.6) is 0 Å². The maximum Gasteiger partial charge on any atom is 0.238 e. The van der Waals surface area contributed by atoms with Crippen molar-refractivity contribution in [1.29, 1.82) is 0 Å². The number of rotatable bonds is 9. The Kier molecular flexibility index (Phi) is 7.64. The molecule has 7 heteroatoms. The quantitative estimate of drug-likeness (QED) is 0.307. The first-order valence-corrected chi connectivity index (χ1v) is 12.0. The van der Waals surface area contributed by atoms with Gasteiger partial charge in [-0.3, -0.25) is 29.6 Å². The lowest BCUT2D eigenvalue weighted by Crippen LogP contribution is -2.33. The lowest BCUT2D eigenvalue weighted by molar-refractivity contribution is -0.117. The van der Waals surface area contributed by atoms with Crippen LogP contribution in [0.15, 0.2) is 116 Å². The fourth-order valence-corrected chi connectivity index (χ4v) is 4.08. The van der Waals surface area contributed by atoms with Gasteiger partial charge in [-0.1, -0.05) is 24.3 Å². The first-order valence-electron chi connectivity index (χ1n) is 12.0. The molecule has 0 aliphatic heterocycles. The van der Waals surface area contributed by atoms with Crippen molar-refractivity contribution in [1.82, 2.24) is 24.8 Å². The second-order valence-corrected chi connectivity index (χ2v) is 8.56. The van der Waals surface area contributed by atoms with Crippen molar-refractivity contribution in [2.24, 2.45) is 0 Å². The van der Waals surface area contributed by atoms with Gasteiger partial charge in [0.25, 0.3) is 0 Å². The molecular formula is C30H26N6O. The SMILES string of the molecule is O=C(CN(Cc1ccccn1)Cc1ccccn1)Nc1cc(-c2ccccn2)cc(-c2ccccn2)c1. The molecular weight excluding hydrogens is 460 g/mol. The zero-order chi connectivity index (χ0) is 25.3. The Balaban J connectivity index is 1.39. The minimum atomic E-state index is -0.128. The van der Waals surface area contributed by atoms with E-state index in [1.807, 2.05) is 95.9 Å². The molecule has 1 N–H and O–H groups in total. The largest absolute Gasteiger partial charge is 0.325 e. The van der Waals surface area contributed by atoms with Gasteiger partial charge in [0.15, 0.2) is 0 Å². The third-order valence-corrected chi connectivity index (χ3v) is 5.73. The summed E-state index contributed by atoms with van der Waals surface area (Å²) in [5.74, 6) is -0.128. The Bertz CT molecular complexity index is 1330. The number of nitrogens with zero attached hydrogens (tertiary/aromatic N) is 5. The first kappa shape index (κ1) is 24.0. The molecule has 7 nitrogen and oxygen atoms in total. The standard InChI is InChI=1S/C30H26N6O/c37-30(22-36(20-25-9-1-5-13-31-25)21-26-10-2-6-14-32-26)35-27-18-23(28-11-3-7-15-33-28)17-24(19-27)29-12-4-8-16-34-29/h1-19H,20-22H2,(H,35,37). The van der Waals surface area contributed by atoms with Crippen LogP contribution in [0.25, 0.3) is 22.5 Å². The number of nitrogens with one attached hydrogen (secondary N) is 1. The number of hydrogen-bond acceptors (Lipinski definition) is 6. The predicted molar refractivity (Wildman–Crippen MR) is 144 cm³/mol. The van der Waals surface area contributed by atoms with Crippen molar-refractivity contribution in [3.05, 3.63) is 127 Å². The summed E-state index contributed by atoms with van der Waals surface area (Å²) < 4.78 is 0. The van der Waals surface area contributed by atoms with Crippen LogP contribution in [0.2, 0.25) is 0 Å². The molecule has 5 aromatic rings. The van der Waals surface area contributed by atoms with Gasteiger partial charge in [0.2, 0.25) is 5.91 Å². The average Bonchev–Trinajstić information content (AvgIpc) is 2.95. The van der Waals surface area contributed by atoms with Crippen molar-refractivity contribution in [2.75, 3.05) is 11.9 Å². The van der Waals surface area contributed by atoms with Crippen LogP contribution in [0.1, 0.15) is 11.4 Å². The zero-order valence-electron chi connectivity index (χ0n) is 20.2. The lowest BCUT2D eigenvalue weighted by atomic mass is 10.0. The molecule has 0 spiro atoms. The third-order valence-electron chi connectivity index (χ3n) is 5.73. The van der Waals surface area contributed by atoms with Crippen molar-refractivity contribution < 1.29 is 4.79 Å². The molecule has 0 fully saturated rings. The molecule has 0 unspecified atom stereocenters. The van der Waals surface area contributed by atoms with Gasteiger partial charge in [0.1, 0.15) is 0 Å². The van der Waals surface area contributed by atoms with Crippen molar-refractivity contribution in [3.63, 3.8) is 0 Å². The van der Waals surface area contributed by atoms with Crippen LogP contribution in [0.4, 0.5) is 5.69 Å². The molecule has 0 saturated heterocycles. The molecule has 1 aromatic carbocycles. The minimum Gasteiger partial charge on any atom is -0.325 e. The van der Waals surface area contributed by atoms with Crippen LogP contribution >= 0.6 is 0 Å². The highest BCUT2D eigenvalue weighted by atomic mass is 16.2. The van der Waals surface area contributed by atoms with Crippen molar-refractivity contribution in [3.8, 4) is 22.5 Å². The summed E-state index contributed by atoms with van der Waals surface area (Å²) in [6.45, 7) is 1.23. The number of benzene rings is 1. The van der Waals surface area contributed by atoms with Gasteiger partial charge in [-0.05, 0) is 66.7 Å². The Morgan fingerprint density at radius 2 is 1.11 bits per heavy atom. The molecule has 1 amide bonds. The van der Waals surface area contributed by atoms with E-state index in [0.29, 0.717) is 18.8 Å². The minimum absolute atomic E-state index is 0.128. The van der Waals surface area contributed by atoms with Crippen LogP contribution in [0, 0.1) is 0 Å². The number of pyridine rings is 4. The van der Waals surface area contributed by atoms with E-state index in [4.69, 9.17) is 0 Å². The number of amides is 1. The average molecular weight is 487 g/mol. The summed E-state index contributed by atoms with van der Waals surface area (Å²) in [5, 5.41) is 3.09. The maximum atomic E-state index is 13.3. The predicted octanol–water partition coefficient (Wildman–Crippen LogP) is 5.24. The Labute approximate surface area is 215 Å². The van der Waals surface area contributed by atoms with E-state index in [-0.39, 0.29) is 12.5 Å². The Hall–Kier alpha value is -4.75. The molecule has 4 aromatic heterocycles. The highest BCUT2D eigenvalue weighted by Gasteiger charge is 2.15. The number of carbonyl (C=O) groups excluding carboxylic acids is 1. The van der Waals surface area contributed by atoms with Crippen molar-refractivity contribution in [2.45, 2.75) is 13.1 Å². The Morgan fingerprint density at radius 3 is 1.54 bits per heavy atom. The second-order valence-electron chi connectivity index (χ2n) is 8.56. The zero-order valence-corrected chi connectivity index (χ0v) is 20.2. The fraction of sp³-hybridized carbons (Fsp3) is 0.100. The molecule has 0 bridgehead atoms. The highest BCUT2D eigenvalue weighted by molar-refractivity contribution is 5.94. The van der Waals surface area contributed by atoms with E-state index in [1.165, 1.54) is 0 Å². The molecule has 5 rings (SSSR count). The van der Waals surface area contributed by atoms with Gasteiger partial charge >= 0.3 is 0 Å². The summed E-state index contributed by atoms with van der Waals surface area (Å²) in [7, 11) is 0. The summed E-state index contributed by atoms with van der Waals surface area (Å²) >= 11 is 0. The number of carbonyl (C=O) groups is 1. The van der Waals surface area contributed by atoms with E-state index >= 15 is 0 Å². The highest BCUT2D eigenvalue weighted by Crippen LogP contribution is 2.28. The smallest absolute Gasteiger partial charge is 0.238 e. The molecule has 37 heavy (non-hydrogen) atoms. The summed E-state index contributed by atoms with van der Waals surface area (Å²) in [4.78, 5) is 33.2. The van der Waals surface area contributed by atoms with E-state index in [2.05, 4.69) is 25.3 Å². The molecule has 0 aliphatic carbocycles. The molecule has 0 aliphatic rings. The van der Waals surface area contributed by atoms with Gasteiger partial charge in [0, 0.05) is 54.7 Å². The Morgan fingerprint density at radius 1 is 0.622 bits per heavy atom. The van der Waals surface area contributed by atoms with Crippen LogP contribution < -0.4 is 5.32 Å². The van der Waals surface area contributed by atoms with E-state index in [0.717, 1.165) is 33.9 Å². The monoisotopic (exact) mass is 486 g/mol. The third kappa shape index (κ3) is 6.68. The fourth-order valence-electron chi connectivity index (χ4n) is 4.08. The molecule has 4 heterocycles. The molecule has 182 valence electrons. The number of anilines is 1. The van der Waals surface area contributed by atoms with E-state index in [1.54, 1.807) is 24.8 Å². The van der Waals surface area contributed by atoms with Crippen LogP contribution in [-0.4, -0.2) is 37.3 Å².